The van der Waals surface area contributed by atoms with Crippen molar-refractivity contribution in [3.05, 3.63) is 24.3 Å². The number of aromatic nitrogens is 2. The number of nitrogens with one attached hydrogen (secondary N) is 1. The third-order valence-electron chi connectivity index (χ3n) is 3.94. The number of hydrogen-bond acceptors (Lipinski definition) is 5. The van der Waals surface area contributed by atoms with Crippen LogP contribution in [-0.4, -0.2) is 45.7 Å². The Morgan fingerprint density at radius 2 is 2.22 bits per heavy atom. The number of rotatable bonds is 4. The lowest BCUT2D eigenvalue weighted by molar-refractivity contribution is 0.00969. The zero-order valence-electron chi connectivity index (χ0n) is 14.6. The van der Waals surface area contributed by atoms with Gasteiger partial charge in [0.25, 0.3) is 0 Å². The predicted molar refractivity (Wildman–Crippen MR) is 89.0 cm³/mol. The summed E-state index contributed by atoms with van der Waals surface area (Å²) in [6.45, 7) is 9.26. The molecule has 2 atom stereocenters. The molecule has 1 amide bonds. The normalized spacial score (nSPS) is 20.2. The second kappa shape index (κ2) is 7.73. The van der Waals surface area contributed by atoms with Crippen molar-refractivity contribution in [1.82, 2.24) is 20.2 Å². The van der Waals surface area contributed by atoms with Crippen molar-refractivity contribution in [2.75, 3.05) is 13.1 Å². The highest BCUT2D eigenvalue weighted by Crippen LogP contribution is 2.20. The van der Waals surface area contributed by atoms with Crippen molar-refractivity contribution in [2.45, 2.75) is 64.6 Å². The minimum atomic E-state index is -0.459. The fourth-order valence-corrected chi connectivity index (χ4v) is 2.73. The minimum Gasteiger partial charge on any atom is -0.444 e. The monoisotopic (exact) mass is 320 g/mol. The van der Waals surface area contributed by atoms with Crippen LogP contribution in [0, 0.1) is 0 Å². The molecule has 6 heteroatoms. The van der Waals surface area contributed by atoms with E-state index in [-0.39, 0.29) is 18.2 Å². The van der Waals surface area contributed by atoms with Gasteiger partial charge in [-0.1, -0.05) is 0 Å². The van der Waals surface area contributed by atoms with E-state index in [4.69, 9.17) is 4.74 Å². The highest BCUT2D eigenvalue weighted by molar-refractivity contribution is 5.68. The molecule has 0 saturated carbocycles. The smallest absolute Gasteiger partial charge is 0.410 e. The van der Waals surface area contributed by atoms with Gasteiger partial charge in [-0.25, -0.2) is 4.79 Å². The van der Waals surface area contributed by atoms with E-state index in [1.807, 2.05) is 25.7 Å². The topological polar surface area (TPSA) is 67.4 Å². The van der Waals surface area contributed by atoms with E-state index in [0.29, 0.717) is 0 Å². The maximum Gasteiger partial charge on any atom is 0.410 e. The van der Waals surface area contributed by atoms with Gasteiger partial charge >= 0.3 is 6.09 Å². The molecule has 1 aliphatic heterocycles. The molecule has 0 unspecified atom stereocenters. The number of hydrogen-bond donors (Lipinski definition) is 1. The highest BCUT2D eigenvalue weighted by atomic mass is 16.6. The van der Waals surface area contributed by atoms with Crippen LogP contribution in [-0.2, 0) is 4.74 Å². The quantitative estimate of drug-likeness (QED) is 0.924. The minimum absolute atomic E-state index is 0.103. The number of carbonyl (C=O) groups excluding carboxylic acids is 1. The maximum absolute atomic E-state index is 12.4. The summed E-state index contributed by atoms with van der Waals surface area (Å²) in [5, 5.41) is 3.46. The van der Waals surface area contributed by atoms with Crippen molar-refractivity contribution < 1.29 is 9.53 Å². The summed E-state index contributed by atoms with van der Waals surface area (Å²) in [4.78, 5) is 22.7. The molecule has 0 spiro atoms. The Morgan fingerprint density at radius 3 is 2.87 bits per heavy atom. The summed E-state index contributed by atoms with van der Waals surface area (Å²) >= 11 is 0. The molecule has 1 saturated heterocycles. The Hall–Kier alpha value is -1.69. The van der Waals surface area contributed by atoms with Crippen LogP contribution in [0.25, 0.3) is 0 Å². The summed E-state index contributed by atoms with van der Waals surface area (Å²) in [6.07, 6.45) is 8.10. The molecule has 1 aliphatic rings. The second-order valence-corrected chi connectivity index (χ2v) is 7.08. The van der Waals surface area contributed by atoms with Crippen molar-refractivity contribution in [3.8, 4) is 0 Å². The van der Waals surface area contributed by atoms with E-state index >= 15 is 0 Å². The van der Waals surface area contributed by atoms with Crippen LogP contribution >= 0.6 is 0 Å². The first-order valence-corrected chi connectivity index (χ1v) is 8.36. The van der Waals surface area contributed by atoms with Crippen LogP contribution in [0.4, 0.5) is 4.79 Å². The molecule has 0 bridgehead atoms. The molecule has 2 rings (SSSR count). The number of nitrogens with zero attached hydrogens (tertiary/aromatic N) is 3. The third kappa shape index (κ3) is 5.46. The van der Waals surface area contributed by atoms with Crippen LogP contribution in [0.15, 0.2) is 18.6 Å². The summed E-state index contributed by atoms with van der Waals surface area (Å²) in [5.41, 5.74) is 0.450. The van der Waals surface area contributed by atoms with Crippen LogP contribution in [0.5, 0.6) is 0 Å². The molecule has 0 aliphatic carbocycles. The van der Waals surface area contributed by atoms with Gasteiger partial charge in [0.1, 0.15) is 5.60 Å². The molecule has 23 heavy (non-hydrogen) atoms. The number of ether oxygens (including phenoxy) is 1. The molecule has 1 aromatic rings. The van der Waals surface area contributed by atoms with Crippen molar-refractivity contribution in [1.29, 1.82) is 0 Å². The molecule has 1 N–H and O–H groups in total. The van der Waals surface area contributed by atoms with E-state index in [9.17, 15) is 4.79 Å². The van der Waals surface area contributed by atoms with Crippen LogP contribution < -0.4 is 5.32 Å². The maximum atomic E-state index is 12.4. The first-order valence-electron chi connectivity index (χ1n) is 8.36. The molecule has 1 fully saturated rings. The molecular weight excluding hydrogens is 292 g/mol. The lowest BCUT2D eigenvalue weighted by Crippen LogP contribution is -2.50. The standard InChI is InChI=1S/C17H28N4O2/c1-13(15-12-18-8-9-19-15)20-11-14-7-5-6-10-21(14)16(22)23-17(2,3)4/h8-9,12-14,20H,5-7,10-11H2,1-4H3/t13-,14+/m0/s1. The van der Waals surface area contributed by atoms with Gasteiger partial charge in [0.2, 0.25) is 0 Å². The first-order chi connectivity index (χ1) is 10.9. The summed E-state index contributed by atoms with van der Waals surface area (Å²) in [6, 6.07) is 0.267. The molecule has 0 radical (unpaired) electrons. The average molecular weight is 320 g/mol. The molecule has 2 heterocycles. The molecule has 128 valence electrons. The Kier molecular flexibility index (Phi) is 5.93. The Bertz CT molecular complexity index is 501. The van der Waals surface area contributed by atoms with Crippen LogP contribution in [0.3, 0.4) is 0 Å². The van der Waals surface area contributed by atoms with Gasteiger partial charge in [-0.05, 0) is 47.0 Å². The van der Waals surface area contributed by atoms with Gasteiger partial charge in [0.05, 0.1) is 5.69 Å². The van der Waals surface area contributed by atoms with Gasteiger partial charge in [0.15, 0.2) is 0 Å². The average Bonchev–Trinajstić information content (AvgIpc) is 2.52. The lowest BCUT2D eigenvalue weighted by Gasteiger charge is -2.37. The van der Waals surface area contributed by atoms with E-state index in [2.05, 4.69) is 22.2 Å². The fourth-order valence-electron chi connectivity index (χ4n) is 2.73. The Balaban J connectivity index is 1.92. The van der Waals surface area contributed by atoms with E-state index in [0.717, 1.165) is 38.0 Å². The van der Waals surface area contributed by atoms with Crippen LogP contribution in [0.2, 0.25) is 0 Å². The number of likely N-dealkylation sites (tertiary alicyclic amines) is 1. The largest absolute Gasteiger partial charge is 0.444 e. The number of amides is 1. The number of carbonyl (C=O) groups is 1. The van der Waals surface area contributed by atoms with Gasteiger partial charge in [-0.15, -0.1) is 0 Å². The third-order valence-corrected chi connectivity index (χ3v) is 3.94. The fraction of sp³-hybridized carbons (Fsp3) is 0.706. The first kappa shape index (κ1) is 17.7. The Morgan fingerprint density at radius 1 is 1.43 bits per heavy atom. The van der Waals surface area contributed by atoms with E-state index in [1.165, 1.54) is 0 Å². The van der Waals surface area contributed by atoms with Gasteiger partial charge in [-0.3, -0.25) is 9.97 Å². The second-order valence-electron chi connectivity index (χ2n) is 7.08. The van der Waals surface area contributed by atoms with E-state index < -0.39 is 5.60 Å². The summed E-state index contributed by atoms with van der Waals surface area (Å²) < 4.78 is 5.54. The molecule has 6 nitrogen and oxygen atoms in total. The lowest BCUT2D eigenvalue weighted by atomic mass is 10.0. The van der Waals surface area contributed by atoms with E-state index in [1.54, 1.807) is 18.6 Å². The van der Waals surface area contributed by atoms with Crippen LogP contribution in [0.1, 0.15) is 58.7 Å². The van der Waals surface area contributed by atoms with Gasteiger partial charge in [0, 0.05) is 43.8 Å². The van der Waals surface area contributed by atoms with Gasteiger partial charge in [-0.2, -0.15) is 0 Å². The Labute approximate surface area is 138 Å². The van der Waals surface area contributed by atoms with Crippen molar-refractivity contribution >= 4 is 6.09 Å². The highest BCUT2D eigenvalue weighted by Gasteiger charge is 2.30. The SMILES string of the molecule is C[C@H](NC[C@H]1CCCCN1C(=O)OC(C)(C)C)c1cnccn1. The molecule has 1 aromatic heterocycles. The molecule has 0 aromatic carbocycles. The van der Waals surface area contributed by atoms with Crippen molar-refractivity contribution in [2.24, 2.45) is 0 Å². The molecular formula is C17H28N4O2. The predicted octanol–water partition coefficient (Wildman–Crippen LogP) is 2.92. The van der Waals surface area contributed by atoms with Crippen molar-refractivity contribution in [3.63, 3.8) is 0 Å². The van der Waals surface area contributed by atoms with Gasteiger partial charge < -0.3 is 15.0 Å². The number of piperidine rings is 1. The zero-order valence-corrected chi connectivity index (χ0v) is 14.6. The summed E-state index contributed by atoms with van der Waals surface area (Å²) in [7, 11) is 0. The zero-order chi connectivity index (χ0) is 16.9. The summed E-state index contributed by atoms with van der Waals surface area (Å²) in [5.74, 6) is 0.